The summed E-state index contributed by atoms with van der Waals surface area (Å²) in [6.45, 7) is 0. The van der Waals surface area contributed by atoms with Crippen LogP contribution < -0.4 is 5.56 Å². The lowest BCUT2D eigenvalue weighted by Gasteiger charge is -1.96. The molecule has 2 heterocycles. The number of aromatic amines is 1. The minimum absolute atomic E-state index is 0.00168. The normalized spacial score (nSPS) is 10.3. The first-order valence-electron chi connectivity index (χ1n) is 5.90. The van der Waals surface area contributed by atoms with Crippen LogP contribution in [0.3, 0.4) is 0 Å². The Morgan fingerprint density at radius 2 is 2.14 bits per heavy atom. The average Bonchev–Trinajstić information content (AvgIpc) is 2.97. The van der Waals surface area contributed by atoms with Crippen LogP contribution >= 0.6 is 0 Å². The second-order valence-electron chi connectivity index (χ2n) is 4.17. The van der Waals surface area contributed by atoms with Gasteiger partial charge in [-0.3, -0.25) is 4.79 Å². The van der Waals surface area contributed by atoms with Gasteiger partial charge < -0.3 is 9.51 Å². The molecule has 3 rings (SSSR count). The summed E-state index contributed by atoms with van der Waals surface area (Å²) in [5, 5.41) is 12.4. The molecule has 0 aliphatic carbocycles. The van der Waals surface area contributed by atoms with Gasteiger partial charge >= 0.3 is 0 Å². The second-order valence-corrected chi connectivity index (χ2v) is 4.17. The summed E-state index contributed by atoms with van der Waals surface area (Å²) in [4.78, 5) is 17.5. The summed E-state index contributed by atoms with van der Waals surface area (Å²) in [7, 11) is 0. The number of hydrogen-bond acceptors (Lipinski definition) is 5. The Labute approximate surface area is 117 Å². The maximum atomic E-state index is 13.9. The van der Waals surface area contributed by atoms with Gasteiger partial charge in [-0.1, -0.05) is 5.16 Å². The highest BCUT2D eigenvalue weighted by Gasteiger charge is 2.14. The van der Waals surface area contributed by atoms with Gasteiger partial charge in [-0.15, -0.1) is 0 Å². The summed E-state index contributed by atoms with van der Waals surface area (Å²) in [5.74, 6) is -0.395. The monoisotopic (exact) mass is 282 g/mol. The molecule has 0 bridgehead atoms. The van der Waals surface area contributed by atoms with E-state index in [9.17, 15) is 9.18 Å². The quantitative estimate of drug-likeness (QED) is 0.776. The van der Waals surface area contributed by atoms with E-state index in [-0.39, 0.29) is 28.4 Å². The van der Waals surface area contributed by atoms with Crippen molar-refractivity contribution in [3.8, 4) is 28.9 Å². The Hall–Kier alpha value is -3.27. The van der Waals surface area contributed by atoms with Crippen molar-refractivity contribution >= 4 is 0 Å². The Morgan fingerprint density at radius 1 is 1.29 bits per heavy atom. The minimum Gasteiger partial charge on any atom is -0.334 e. The van der Waals surface area contributed by atoms with Gasteiger partial charge in [-0.05, 0) is 24.3 Å². The Balaban J connectivity index is 2.00. The molecule has 0 aliphatic heterocycles. The van der Waals surface area contributed by atoms with Crippen LogP contribution in [0.2, 0.25) is 0 Å². The molecule has 7 heteroatoms. The van der Waals surface area contributed by atoms with Gasteiger partial charge in [0, 0.05) is 17.8 Å². The SMILES string of the molecule is N#Cc1ccc(-c2nc(-c3ccc(=O)[nH]c3)no2)c(F)c1. The molecule has 0 spiro atoms. The largest absolute Gasteiger partial charge is 0.334 e. The van der Waals surface area contributed by atoms with E-state index in [0.717, 1.165) is 6.07 Å². The first-order valence-corrected chi connectivity index (χ1v) is 5.90. The Bertz CT molecular complexity index is 887. The van der Waals surface area contributed by atoms with E-state index in [1.807, 2.05) is 6.07 Å². The summed E-state index contributed by atoms with van der Waals surface area (Å²) < 4.78 is 18.9. The van der Waals surface area contributed by atoms with Gasteiger partial charge in [0.15, 0.2) is 0 Å². The Morgan fingerprint density at radius 3 is 2.81 bits per heavy atom. The van der Waals surface area contributed by atoms with E-state index >= 15 is 0 Å². The third-order valence-corrected chi connectivity index (χ3v) is 2.80. The molecular weight excluding hydrogens is 275 g/mol. The van der Waals surface area contributed by atoms with Gasteiger partial charge in [-0.2, -0.15) is 10.2 Å². The molecule has 1 N–H and O–H groups in total. The first-order chi connectivity index (χ1) is 10.2. The third kappa shape index (κ3) is 2.42. The van der Waals surface area contributed by atoms with Crippen molar-refractivity contribution in [1.29, 1.82) is 5.26 Å². The summed E-state index contributed by atoms with van der Waals surface area (Å²) >= 11 is 0. The highest BCUT2D eigenvalue weighted by atomic mass is 19.1. The van der Waals surface area contributed by atoms with E-state index in [1.165, 1.54) is 30.5 Å². The smallest absolute Gasteiger partial charge is 0.261 e. The Kier molecular flexibility index (Phi) is 3.04. The maximum Gasteiger partial charge on any atom is 0.261 e. The molecule has 1 aromatic carbocycles. The fourth-order valence-corrected chi connectivity index (χ4v) is 1.76. The number of benzene rings is 1. The van der Waals surface area contributed by atoms with Gasteiger partial charge in [0.2, 0.25) is 11.4 Å². The molecule has 0 unspecified atom stereocenters. The zero-order chi connectivity index (χ0) is 14.8. The van der Waals surface area contributed by atoms with Crippen molar-refractivity contribution in [1.82, 2.24) is 15.1 Å². The molecule has 0 amide bonds. The van der Waals surface area contributed by atoms with Crippen LogP contribution in [-0.4, -0.2) is 15.1 Å². The van der Waals surface area contributed by atoms with Crippen LogP contribution in [-0.2, 0) is 0 Å². The number of nitrogens with one attached hydrogen (secondary N) is 1. The standard InChI is InChI=1S/C14H7FN4O2/c15-11-5-8(6-16)1-3-10(11)14-18-13(19-21-14)9-2-4-12(20)17-7-9/h1-5,7H,(H,17,20). The van der Waals surface area contributed by atoms with Crippen molar-refractivity contribution in [3.05, 3.63) is 58.3 Å². The number of aromatic nitrogens is 3. The van der Waals surface area contributed by atoms with Crippen LogP contribution in [0.5, 0.6) is 0 Å². The van der Waals surface area contributed by atoms with Crippen LogP contribution in [0.15, 0.2) is 45.8 Å². The van der Waals surface area contributed by atoms with Crippen LogP contribution in [0.1, 0.15) is 5.56 Å². The number of rotatable bonds is 2. The summed E-state index contributed by atoms with van der Waals surface area (Å²) in [5.41, 5.74) is 0.605. The zero-order valence-electron chi connectivity index (χ0n) is 10.5. The van der Waals surface area contributed by atoms with Crippen molar-refractivity contribution < 1.29 is 8.91 Å². The lowest BCUT2D eigenvalue weighted by molar-refractivity contribution is 0.429. The van der Waals surface area contributed by atoms with Crippen molar-refractivity contribution in [3.63, 3.8) is 0 Å². The number of nitriles is 1. The third-order valence-electron chi connectivity index (χ3n) is 2.80. The number of H-pyrrole nitrogens is 1. The van der Waals surface area contributed by atoms with E-state index in [2.05, 4.69) is 15.1 Å². The second kappa shape index (κ2) is 5.02. The molecule has 21 heavy (non-hydrogen) atoms. The molecular formula is C14H7FN4O2. The predicted molar refractivity (Wildman–Crippen MR) is 70.5 cm³/mol. The zero-order valence-corrected chi connectivity index (χ0v) is 10.5. The van der Waals surface area contributed by atoms with Crippen LogP contribution in [0.25, 0.3) is 22.8 Å². The molecule has 0 saturated carbocycles. The molecule has 0 atom stereocenters. The number of nitrogens with zero attached hydrogens (tertiary/aromatic N) is 3. The first kappa shape index (κ1) is 12.7. The predicted octanol–water partition coefficient (Wildman–Crippen LogP) is 2.10. The minimum atomic E-state index is -0.620. The molecule has 0 fully saturated rings. The van der Waals surface area contributed by atoms with Gasteiger partial charge in [0.1, 0.15) is 5.82 Å². The van der Waals surface area contributed by atoms with Gasteiger partial charge in [0.05, 0.1) is 17.2 Å². The van der Waals surface area contributed by atoms with Gasteiger partial charge in [-0.25, -0.2) is 4.39 Å². The molecule has 0 radical (unpaired) electrons. The average molecular weight is 282 g/mol. The molecule has 6 nitrogen and oxygen atoms in total. The number of pyridine rings is 1. The molecule has 0 aliphatic rings. The number of hydrogen-bond donors (Lipinski definition) is 1. The maximum absolute atomic E-state index is 13.9. The molecule has 2 aromatic heterocycles. The fraction of sp³-hybridized carbons (Fsp3) is 0. The highest BCUT2D eigenvalue weighted by molar-refractivity contribution is 5.60. The number of halogens is 1. The van der Waals surface area contributed by atoms with E-state index in [4.69, 9.17) is 9.78 Å². The summed E-state index contributed by atoms with van der Waals surface area (Å²) in [6.07, 6.45) is 1.44. The van der Waals surface area contributed by atoms with E-state index in [1.54, 1.807) is 0 Å². The lowest BCUT2D eigenvalue weighted by Crippen LogP contribution is -2.01. The van der Waals surface area contributed by atoms with E-state index < -0.39 is 5.82 Å². The van der Waals surface area contributed by atoms with Crippen molar-refractivity contribution in [2.75, 3.05) is 0 Å². The summed E-state index contributed by atoms with van der Waals surface area (Å²) in [6, 6.07) is 8.66. The highest BCUT2D eigenvalue weighted by Crippen LogP contribution is 2.24. The molecule has 3 aromatic rings. The fourth-order valence-electron chi connectivity index (χ4n) is 1.76. The topological polar surface area (TPSA) is 95.6 Å². The van der Waals surface area contributed by atoms with Gasteiger partial charge in [0.25, 0.3) is 5.89 Å². The van der Waals surface area contributed by atoms with Crippen LogP contribution in [0.4, 0.5) is 4.39 Å². The lowest BCUT2D eigenvalue weighted by atomic mass is 10.1. The van der Waals surface area contributed by atoms with E-state index in [0.29, 0.717) is 5.56 Å². The molecule has 0 saturated heterocycles. The molecule has 102 valence electrons. The van der Waals surface area contributed by atoms with Crippen LogP contribution in [0, 0.1) is 17.1 Å². The van der Waals surface area contributed by atoms with Crippen molar-refractivity contribution in [2.24, 2.45) is 0 Å². The van der Waals surface area contributed by atoms with Crippen molar-refractivity contribution in [2.45, 2.75) is 0 Å².